The third-order valence-electron chi connectivity index (χ3n) is 3.07. The normalized spacial score (nSPS) is 12.8. The van der Waals surface area contributed by atoms with Crippen LogP contribution in [-0.2, 0) is 21.2 Å². The SMILES string of the molecule is O=C(O)[C@H](Cc1ccc(Cl)cc1)NS(=O)(=O)c1ccc(Cl)cc1. The number of benzene rings is 2. The van der Waals surface area contributed by atoms with Crippen LogP contribution in [0, 0.1) is 0 Å². The minimum absolute atomic E-state index is 0.000673. The van der Waals surface area contributed by atoms with Crippen LogP contribution in [0.2, 0.25) is 10.0 Å². The molecule has 5 nitrogen and oxygen atoms in total. The second kappa shape index (κ2) is 7.31. The highest BCUT2D eigenvalue weighted by Crippen LogP contribution is 2.16. The molecule has 0 aliphatic carbocycles. The summed E-state index contributed by atoms with van der Waals surface area (Å²) in [6.07, 6.45) is -0.000673. The van der Waals surface area contributed by atoms with Crippen LogP contribution in [0.4, 0.5) is 0 Å². The van der Waals surface area contributed by atoms with E-state index in [-0.39, 0.29) is 11.3 Å². The van der Waals surface area contributed by atoms with E-state index < -0.39 is 22.0 Å². The fraction of sp³-hybridized carbons (Fsp3) is 0.133. The van der Waals surface area contributed by atoms with Crippen molar-refractivity contribution in [3.8, 4) is 0 Å². The zero-order valence-corrected chi connectivity index (χ0v) is 14.1. The average molecular weight is 374 g/mol. The van der Waals surface area contributed by atoms with E-state index in [1.165, 1.54) is 24.3 Å². The van der Waals surface area contributed by atoms with Gasteiger partial charge in [-0.05, 0) is 48.4 Å². The topological polar surface area (TPSA) is 83.5 Å². The van der Waals surface area contributed by atoms with Crippen LogP contribution in [0.15, 0.2) is 53.4 Å². The van der Waals surface area contributed by atoms with E-state index in [4.69, 9.17) is 23.2 Å². The maximum atomic E-state index is 12.3. The molecule has 0 unspecified atom stereocenters. The Balaban J connectivity index is 2.20. The Morgan fingerprint density at radius 2 is 1.48 bits per heavy atom. The van der Waals surface area contributed by atoms with Crippen molar-refractivity contribution in [1.82, 2.24) is 4.72 Å². The number of nitrogens with one attached hydrogen (secondary N) is 1. The van der Waals surface area contributed by atoms with Crippen LogP contribution >= 0.6 is 23.2 Å². The van der Waals surface area contributed by atoms with Crippen LogP contribution in [0.3, 0.4) is 0 Å². The van der Waals surface area contributed by atoms with Gasteiger partial charge in [-0.1, -0.05) is 35.3 Å². The van der Waals surface area contributed by atoms with Crippen molar-refractivity contribution in [2.45, 2.75) is 17.4 Å². The van der Waals surface area contributed by atoms with E-state index in [9.17, 15) is 18.3 Å². The molecule has 0 saturated carbocycles. The summed E-state index contributed by atoms with van der Waals surface area (Å²) in [7, 11) is -3.97. The molecule has 8 heteroatoms. The van der Waals surface area contributed by atoms with Gasteiger partial charge in [0, 0.05) is 10.0 Å². The average Bonchev–Trinajstić information content (AvgIpc) is 2.49. The van der Waals surface area contributed by atoms with Gasteiger partial charge in [-0.2, -0.15) is 4.72 Å². The van der Waals surface area contributed by atoms with E-state index in [2.05, 4.69) is 4.72 Å². The summed E-state index contributed by atoms with van der Waals surface area (Å²) in [5.74, 6) is -1.27. The number of halogens is 2. The van der Waals surface area contributed by atoms with Gasteiger partial charge in [0.25, 0.3) is 0 Å². The van der Waals surface area contributed by atoms with Gasteiger partial charge in [-0.3, -0.25) is 4.79 Å². The fourth-order valence-electron chi connectivity index (χ4n) is 1.90. The number of hydrogen-bond acceptors (Lipinski definition) is 3. The monoisotopic (exact) mass is 373 g/mol. The number of rotatable bonds is 6. The first-order chi connectivity index (χ1) is 10.8. The van der Waals surface area contributed by atoms with Crippen molar-refractivity contribution in [3.05, 3.63) is 64.1 Å². The molecule has 0 aliphatic rings. The van der Waals surface area contributed by atoms with Crippen LogP contribution < -0.4 is 4.72 Å². The molecular formula is C15H13Cl2NO4S. The molecular weight excluding hydrogens is 361 g/mol. The predicted octanol–water partition coefficient (Wildman–Crippen LogP) is 2.97. The highest BCUT2D eigenvalue weighted by molar-refractivity contribution is 7.89. The molecule has 0 heterocycles. The zero-order chi connectivity index (χ0) is 17.0. The molecule has 122 valence electrons. The number of aliphatic carboxylic acids is 1. The number of carboxylic acid groups (broad SMARTS) is 1. The molecule has 2 rings (SSSR count). The molecule has 23 heavy (non-hydrogen) atoms. The van der Waals surface area contributed by atoms with Crippen molar-refractivity contribution >= 4 is 39.2 Å². The van der Waals surface area contributed by atoms with Crippen LogP contribution in [0.25, 0.3) is 0 Å². The summed E-state index contributed by atoms with van der Waals surface area (Å²) >= 11 is 11.5. The molecule has 0 spiro atoms. The number of hydrogen-bond donors (Lipinski definition) is 2. The molecule has 0 saturated heterocycles. The van der Waals surface area contributed by atoms with E-state index in [0.29, 0.717) is 15.6 Å². The number of carbonyl (C=O) groups is 1. The third-order valence-corrected chi connectivity index (χ3v) is 5.06. The zero-order valence-electron chi connectivity index (χ0n) is 11.7. The first kappa shape index (κ1) is 17.7. The third kappa shape index (κ3) is 4.94. The van der Waals surface area contributed by atoms with Gasteiger partial charge < -0.3 is 5.11 Å². The van der Waals surface area contributed by atoms with Crippen molar-refractivity contribution in [3.63, 3.8) is 0 Å². The lowest BCUT2D eigenvalue weighted by molar-refractivity contribution is -0.138. The van der Waals surface area contributed by atoms with Crippen LogP contribution in [0.5, 0.6) is 0 Å². The highest BCUT2D eigenvalue weighted by Gasteiger charge is 2.25. The smallest absolute Gasteiger partial charge is 0.322 e. The van der Waals surface area contributed by atoms with Gasteiger partial charge >= 0.3 is 5.97 Å². The standard InChI is InChI=1S/C15H13Cl2NO4S/c16-11-3-1-10(2-4-11)9-14(15(19)20)18-23(21,22)13-7-5-12(17)6-8-13/h1-8,14,18H,9H2,(H,19,20)/t14-/m0/s1. The summed E-state index contributed by atoms with van der Waals surface area (Å²) in [5.41, 5.74) is 0.653. The Bertz CT molecular complexity index is 789. The Morgan fingerprint density at radius 3 is 1.96 bits per heavy atom. The molecule has 0 radical (unpaired) electrons. The van der Waals surface area contributed by atoms with Gasteiger partial charge in [0.15, 0.2) is 0 Å². The molecule has 1 atom stereocenters. The lowest BCUT2D eigenvalue weighted by atomic mass is 10.1. The van der Waals surface area contributed by atoms with Gasteiger partial charge in [-0.15, -0.1) is 0 Å². The second-order valence-corrected chi connectivity index (χ2v) is 7.38. The lowest BCUT2D eigenvalue weighted by Gasteiger charge is -2.15. The van der Waals surface area contributed by atoms with Gasteiger partial charge in [0.1, 0.15) is 6.04 Å². The van der Waals surface area contributed by atoms with E-state index in [0.717, 1.165) is 0 Å². The van der Waals surface area contributed by atoms with Gasteiger partial charge in [-0.25, -0.2) is 8.42 Å². The molecule has 0 fully saturated rings. The largest absolute Gasteiger partial charge is 0.480 e. The number of sulfonamides is 1. The quantitative estimate of drug-likeness (QED) is 0.814. The Morgan fingerprint density at radius 1 is 1.00 bits per heavy atom. The Kier molecular flexibility index (Phi) is 5.64. The molecule has 0 bridgehead atoms. The molecule has 2 aromatic rings. The maximum Gasteiger partial charge on any atom is 0.322 e. The van der Waals surface area contributed by atoms with E-state index >= 15 is 0 Å². The highest BCUT2D eigenvalue weighted by atomic mass is 35.5. The summed E-state index contributed by atoms with van der Waals surface area (Å²) in [5, 5.41) is 10.2. The summed E-state index contributed by atoms with van der Waals surface area (Å²) in [4.78, 5) is 11.3. The van der Waals surface area contributed by atoms with Crippen molar-refractivity contribution < 1.29 is 18.3 Å². The van der Waals surface area contributed by atoms with Gasteiger partial charge in [0.2, 0.25) is 10.0 Å². The molecule has 0 aromatic heterocycles. The minimum Gasteiger partial charge on any atom is -0.480 e. The molecule has 0 amide bonds. The Hall–Kier alpha value is -1.60. The molecule has 2 aromatic carbocycles. The van der Waals surface area contributed by atoms with E-state index in [1.807, 2.05) is 0 Å². The van der Waals surface area contributed by atoms with Crippen molar-refractivity contribution in [1.29, 1.82) is 0 Å². The second-order valence-electron chi connectivity index (χ2n) is 4.80. The lowest BCUT2D eigenvalue weighted by Crippen LogP contribution is -2.42. The first-order valence-corrected chi connectivity index (χ1v) is 8.77. The minimum atomic E-state index is -3.97. The first-order valence-electron chi connectivity index (χ1n) is 6.53. The van der Waals surface area contributed by atoms with Crippen LogP contribution in [0.1, 0.15) is 5.56 Å². The van der Waals surface area contributed by atoms with Crippen LogP contribution in [-0.4, -0.2) is 25.5 Å². The predicted molar refractivity (Wildman–Crippen MR) is 88.4 cm³/mol. The summed E-state index contributed by atoms with van der Waals surface area (Å²) in [6.45, 7) is 0. The summed E-state index contributed by atoms with van der Waals surface area (Å²) < 4.78 is 26.7. The summed E-state index contributed by atoms with van der Waals surface area (Å²) in [6, 6.07) is 10.7. The van der Waals surface area contributed by atoms with Crippen molar-refractivity contribution in [2.75, 3.05) is 0 Å². The Labute approximate surface area is 143 Å². The van der Waals surface area contributed by atoms with E-state index in [1.54, 1.807) is 24.3 Å². The number of carboxylic acids is 1. The fourth-order valence-corrected chi connectivity index (χ4v) is 3.35. The maximum absolute atomic E-state index is 12.3. The van der Waals surface area contributed by atoms with Crippen molar-refractivity contribution in [2.24, 2.45) is 0 Å². The molecule has 2 N–H and O–H groups in total. The molecule has 0 aliphatic heterocycles. The van der Waals surface area contributed by atoms with Gasteiger partial charge in [0.05, 0.1) is 4.90 Å².